The van der Waals surface area contributed by atoms with Crippen LogP contribution in [0.25, 0.3) is 0 Å². The van der Waals surface area contributed by atoms with Gasteiger partial charge in [-0.2, -0.15) is 4.37 Å². The number of aromatic nitrogens is 1. The number of rotatable bonds is 4. The van der Waals surface area contributed by atoms with Crippen LogP contribution in [-0.2, 0) is 4.74 Å². The summed E-state index contributed by atoms with van der Waals surface area (Å²) < 4.78 is 9.84. The van der Waals surface area contributed by atoms with Crippen LogP contribution < -0.4 is 11.1 Å². The van der Waals surface area contributed by atoms with E-state index in [1.54, 1.807) is 11.8 Å². The first-order valence-corrected chi connectivity index (χ1v) is 7.53. The molecule has 96 valence electrons. The predicted octanol–water partition coefficient (Wildman–Crippen LogP) is 1.19. The second-order valence-electron chi connectivity index (χ2n) is 4.07. The van der Waals surface area contributed by atoms with Crippen LogP contribution in [0.3, 0.4) is 0 Å². The zero-order valence-electron chi connectivity index (χ0n) is 10.1. The summed E-state index contributed by atoms with van der Waals surface area (Å²) >= 11 is 3.04. The number of likely N-dealkylation sites (N-methyl/N-ethyl adjacent to an activating group) is 1. The van der Waals surface area contributed by atoms with E-state index in [9.17, 15) is 0 Å². The van der Waals surface area contributed by atoms with Crippen molar-refractivity contribution >= 4 is 34.1 Å². The third-order valence-electron chi connectivity index (χ3n) is 2.71. The summed E-state index contributed by atoms with van der Waals surface area (Å²) in [6.07, 6.45) is 2.25. The molecule has 1 atom stereocenters. The van der Waals surface area contributed by atoms with Crippen LogP contribution in [0.1, 0.15) is 0 Å². The van der Waals surface area contributed by atoms with E-state index in [0.717, 1.165) is 36.1 Å². The van der Waals surface area contributed by atoms with Gasteiger partial charge in [0, 0.05) is 19.6 Å². The van der Waals surface area contributed by atoms with Crippen molar-refractivity contribution in [1.29, 1.82) is 0 Å². The molecule has 1 aromatic heterocycles. The monoisotopic (exact) mass is 274 g/mol. The molecule has 1 fully saturated rings. The number of hydrogen-bond donors (Lipinski definition) is 2. The van der Waals surface area contributed by atoms with Gasteiger partial charge < -0.3 is 20.7 Å². The van der Waals surface area contributed by atoms with Gasteiger partial charge in [-0.05, 0) is 24.8 Å². The summed E-state index contributed by atoms with van der Waals surface area (Å²) in [4.78, 5) is 3.32. The zero-order chi connectivity index (χ0) is 12.3. The average molecular weight is 274 g/mol. The molecule has 1 aromatic rings. The van der Waals surface area contributed by atoms with Gasteiger partial charge in [0.05, 0.1) is 17.6 Å². The van der Waals surface area contributed by atoms with Crippen molar-refractivity contribution in [3.05, 3.63) is 0 Å². The van der Waals surface area contributed by atoms with Gasteiger partial charge in [0.15, 0.2) is 5.82 Å². The summed E-state index contributed by atoms with van der Waals surface area (Å²) in [5.41, 5.74) is 5.78. The normalized spacial score (nSPS) is 21.6. The number of ether oxygens (including phenoxy) is 1. The van der Waals surface area contributed by atoms with Crippen LogP contribution in [0.15, 0.2) is 4.90 Å². The Balaban J connectivity index is 1.88. The molecule has 5 nitrogen and oxygen atoms in total. The van der Waals surface area contributed by atoms with Gasteiger partial charge in [-0.25, -0.2) is 0 Å². The van der Waals surface area contributed by atoms with Crippen molar-refractivity contribution in [1.82, 2.24) is 9.27 Å². The molecule has 0 radical (unpaired) electrons. The Morgan fingerprint density at radius 2 is 2.53 bits per heavy atom. The standard InChI is InChI=1S/C10H18N4OS2/c1-14-3-4-15-7(6-14)5-12-10-8(16-2)9(11)13-17-10/h7,12H,3-6H2,1-2H3,(H2,11,13). The van der Waals surface area contributed by atoms with Crippen LogP contribution >= 0.6 is 23.3 Å². The largest absolute Gasteiger partial charge is 0.382 e. The minimum atomic E-state index is 0.242. The van der Waals surface area contributed by atoms with E-state index in [2.05, 4.69) is 21.6 Å². The Labute approximate surface area is 110 Å². The fourth-order valence-corrected chi connectivity index (χ4v) is 3.35. The Hall–Kier alpha value is -0.500. The van der Waals surface area contributed by atoms with Gasteiger partial charge in [0.25, 0.3) is 0 Å². The molecule has 17 heavy (non-hydrogen) atoms. The number of thioether (sulfide) groups is 1. The minimum absolute atomic E-state index is 0.242. The molecule has 1 unspecified atom stereocenters. The SMILES string of the molecule is CSc1c(N)nsc1NCC1CN(C)CCO1. The number of hydrogen-bond acceptors (Lipinski definition) is 7. The molecule has 0 amide bonds. The van der Waals surface area contributed by atoms with Gasteiger partial charge in [0.2, 0.25) is 0 Å². The molecule has 3 N–H and O–H groups in total. The van der Waals surface area contributed by atoms with E-state index in [0.29, 0.717) is 5.82 Å². The van der Waals surface area contributed by atoms with Crippen molar-refractivity contribution < 1.29 is 4.74 Å². The number of nitrogens with zero attached hydrogens (tertiary/aromatic N) is 2. The summed E-state index contributed by atoms with van der Waals surface area (Å²) in [5, 5.41) is 4.43. The Morgan fingerprint density at radius 3 is 3.24 bits per heavy atom. The smallest absolute Gasteiger partial charge is 0.153 e. The van der Waals surface area contributed by atoms with Crippen molar-refractivity contribution in [3.63, 3.8) is 0 Å². The highest BCUT2D eigenvalue weighted by molar-refractivity contribution is 7.99. The zero-order valence-corrected chi connectivity index (χ0v) is 11.7. The molecule has 0 spiro atoms. The van der Waals surface area contributed by atoms with Gasteiger partial charge in [0.1, 0.15) is 5.00 Å². The van der Waals surface area contributed by atoms with E-state index >= 15 is 0 Å². The second kappa shape index (κ2) is 5.90. The molecule has 0 bridgehead atoms. The molecule has 2 heterocycles. The summed E-state index contributed by atoms with van der Waals surface area (Å²) in [7, 11) is 2.12. The maximum atomic E-state index is 5.78. The molecular weight excluding hydrogens is 256 g/mol. The maximum Gasteiger partial charge on any atom is 0.153 e. The Bertz CT molecular complexity index is 371. The number of nitrogens with one attached hydrogen (secondary N) is 1. The van der Waals surface area contributed by atoms with Crippen LogP contribution in [0.2, 0.25) is 0 Å². The third-order valence-corrected chi connectivity index (χ3v) is 4.48. The molecule has 0 saturated carbocycles. The number of anilines is 2. The lowest BCUT2D eigenvalue weighted by Gasteiger charge is -2.30. The lowest BCUT2D eigenvalue weighted by atomic mass is 10.3. The fourth-order valence-electron chi connectivity index (χ4n) is 1.80. The first kappa shape index (κ1) is 12.9. The summed E-state index contributed by atoms with van der Waals surface area (Å²) in [6, 6.07) is 0. The molecule has 1 aliphatic rings. The molecule has 7 heteroatoms. The molecule has 1 aliphatic heterocycles. The summed E-state index contributed by atoms with van der Waals surface area (Å²) in [6.45, 7) is 3.60. The van der Waals surface area contributed by atoms with Crippen LogP contribution in [0, 0.1) is 0 Å². The molecule has 1 saturated heterocycles. The average Bonchev–Trinajstić information content (AvgIpc) is 2.67. The predicted molar refractivity (Wildman–Crippen MR) is 74.0 cm³/mol. The quantitative estimate of drug-likeness (QED) is 0.804. The minimum Gasteiger partial charge on any atom is -0.382 e. The molecular formula is C10H18N4OS2. The van der Waals surface area contributed by atoms with Crippen molar-refractivity contribution in [2.45, 2.75) is 11.0 Å². The van der Waals surface area contributed by atoms with Gasteiger partial charge in [-0.1, -0.05) is 0 Å². The van der Waals surface area contributed by atoms with E-state index in [-0.39, 0.29) is 6.10 Å². The number of nitrogens with two attached hydrogens (primary N) is 1. The molecule has 2 rings (SSSR count). The van der Waals surface area contributed by atoms with Crippen LogP contribution in [0.5, 0.6) is 0 Å². The lowest BCUT2D eigenvalue weighted by Crippen LogP contribution is -2.43. The Morgan fingerprint density at radius 1 is 1.71 bits per heavy atom. The number of nitrogen functional groups attached to an aromatic ring is 1. The highest BCUT2D eigenvalue weighted by atomic mass is 32.2. The van der Waals surface area contributed by atoms with E-state index in [1.807, 2.05) is 6.26 Å². The van der Waals surface area contributed by atoms with Crippen LogP contribution in [-0.4, -0.2) is 54.9 Å². The highest BCUT2D eigenvalue weighted by Crippen LogP contribution is 2.34. The van der Waals surface area contributed by atoms with E-state index in [1.165, 1.54) is 11.5 Å². The lowest BCUT2D eigenvalue weighted by molar-refractivity contribution is -0.0117. The molecule has 0 aromatic carbocycles. The highest BCUT2D eigenvalue weighted by Gasteiger charge is 2.18. The first-order valence-electron chi connectivity index (χ1n) is 5.54. The first-order chi connectivity index (χ1) is 8.20. The van der Waals surface area contributed by atoms with E-state index in [4.69, 9.17) is 10.5 Å². The third kappa shape index (κ3) is 3.25. The summed E-state index contributed by atoms with van der Waals surface area (Å²) in [5.74, 6) is 0.617. The Kier molecular flexibility index (Phi) is 4.49. The second-order valence-corrected chi connectivity index (χ2v) is 5.66. The van der Waals surface area contributed by atoms with E-state index < -0.39 is 0 Å². The van der Waals surface area contributed by atoms with Crippen molar-refractivity contribution in [2.75, 3.05) is 50.6 Å². The van der Waals surface area contributed by atoms with Gasteiger partial charge in [-0.3, -0.25) is 0 Å². The maximum absolute atomic E-state index is 5.78. The van der Waals surface area contributed by atoms with Crippen molar-refractivity contribution in [2.24, 2.45) is 0 Å². The topological polar surface area (TPSA) is 63.4 Å². The van der Waals surface area contributed by atoms with Gasteiger partial charge >= 0.3 is 0 Å². The van der Waals surface area contributed by atoms with Crippen LogP contribution in [0.4, 0.5) is 10.8 Å². The fraction of sp³-hybridized carbons (Fsp3) is 0.700. The number of morpholine rings is 1. The molecule has 0 aliphatic carbocycles. The van der Waals surface area contributed by atoms with Crippen molar-refractivity contribution in [3.8, 4) is 0 Å². The van der Waals surface area contributed by atoms with Gasteiger partial charge in [-0.15, -0.1) is 11.8 Å².